The molecule has 4 nitrogen and oxygen atoms in total. The maximum atomic E-state index is 11.8. The third-order valence-corrected chi connectivity index (χ3v) is 3.34. The molecule has 0 fully saturated rings. The van der Waals surface area contributed by atoms with Gasteiger partial charge in [-0.25, -0.2) is 0 Å². The van der Waals surface area contributed by atoms with Crippen molar-refractivity contribution in [3.8, 4) is 0 Å². The molecular formula is C10H20N2O2S. The fraction of sp³-hybridized carbons (Fsp3) is 0.800. The summed E-state index contributed by atoms with van der Waals surface area (Å²) in [4.78, 5) is 24.4. The average molecular weight is 232 g/mol. The van der Waals surface area contributed by atoms with Crippen molar-refractivity contribution in [2.75, 3.05) is 19.8 Å². The summed E-state index contributed by atoms with van der Waals surface area (Å²) >= 11 is 1.36. The van der Waals surface area contributed by atoms with Crippen LogP contribution in [0.2, 0.25) is 0 Å². The molecule has 0 unspecified atom stereocenters. The third-order valence-electron chi connectivity index (χ3n) is 2.21. The van der Waals surface area contributed by atoms with Crippen LogP contribution in [0.15, 0.2) is 0 Å². The highest BCUT2D eigenvalue weighted by atomic mass is 32.2. The molecule has 0 rings (SSSR count). The first-order valence-corrected chi connectivity index (χ1v) is 6.03. The normalized spacial score (nSPS) is 12.4. The standard InChI is InChI=1S/C10H20N2O2S/c1-7(2)12(5)10(14)8(3)15-6-9(13)11-4/h7-8H,6H2,1-5H3,(H,11,13)/t8-/m1/s1. The van der Waals surface area contributed by atoms with E-state index in [0.29, 0.717) is 5.75 Å². The number of hydrogen-bond donors (Lipinski definition) is 1. The molecule has 2 amide bonds. The van der Waals surface area contributed by atoms with Gasteiger partial charge in [0.05, 0.1) is 11.0 Å². The van der Waals surface area contributed by atoms with Crippen LogP contribution < -0.4 is 5.32 Å². The van der Waals surface area contributed by atoms with Crippen molar-refractivity contribution < 1.29 is 9.59 Å². The summed E-state index contributed by atoms with van der Waals surface area (Å²) in [5, 5.41) is 2.35. The topological polar surface area (TPSA) is 49.4 Å². The lowest BCUT2D eigenvalue weighted by Gasteiger charge is -2.24. The highest BCUT2D eigenvalue weighted by molar-refractivity contribution is 8.01. The molecule has 0 heterocycles. The van der Waals surface area contributed by atoms with Crippen molar-refractivity contribution in [2.24, 2.45) is 0 Å². The van der Waals surface area contributed by atoms with Crippen LogP contribution in [0.25, 0.3) is 0 Å². The van der Waals surface area contributed by atoms with E-state index >= 15 is 0 Å². The van der Waals surface area contributed by atoms with Gasteiger partial charge in [-0.3, -0.25) is 9.59 Å². The number of hydrogen-bond acceptors (Lipinski definition) is 3. The van der Waals surface area contributed by atoms with Gasteiger partial charge >= 0.3 is 0 Å². The lowest BCUT2D eigenvalue weighted by atomic mass is 10.3. The number of thioether (sulfide) groups is 1. The second-order valence-corrected chi connectivity index (χ2v) is 5.00. The van der Waals surface area contributed by atoms with Gasteiger partial charge in [0.25, 0.3) is 0 Å². The van der Waals surface area contributed by atoms with E-state index in [1.807, 2.05) is 20.8 Å². The minimum Gasteiger partial charge on any atom is -0.358 e. The number of amides is 2. The second-order valence-electron chi connectivity index (χ2n) is 3.67. The number of nitrogens with one attached hydrogen (secondary N) is 1. The van der Waals surface area contributed by atoms with E-state index in [4.69, 9.17) is 0 Å². The van der Waals surface area contributed by atoms with Crippen LogP contribution in [-0.4, -0.2) is 47.9 Å². The maximum absolute atomic E-state index is 11.8. The summed E-state index contributed by atoms with van der Waals surface area (Å²) in [5.41, 5.74) is 0. The Labute approximate surface area is 95.8 Å². The quantitative estimate of drug-likeness (QED) is 0.760. The zero-order valence-corrected chi connectivity index (χ0v) is 10.9. The summed E-state index contributed by atoms with van der Waals surface area (Å²) in [5.74, 6) is 0.348. The van der Waals surface area contributed by atoms with Crippen LogP contribution in [-0.2, 0) is 9.59 Å². The highest BCUT2D eigenvalue weighted by Gasteiger charge is 2.20. The van der Waals surface area contributed by atoms with Crippen molar-refractivity contribution in [1.29, 1.82) is 0 Å². The molecule has 0 radical (unpaired) electrons. The Bertz CT molecular complexity index is 231. The molecule has 0 aliphatic rings. The van der Waals surface area contributed by atoms with E-state index in [-0.39, 0.29) is 23.1 Å². The van der Waals surface area contributed by atoms with Gasteiger partial charge < -0.3 is 10.2 Å². The van der Waals surface area contributed by atoms with E-state index in [9.17, 15) is 9.59 Å². The van der Waals surface area contributed by atoms with Gasteiger partial charge in [0.2, 0.25) is 11.8 Å². The molecule has 0 saturated heterocycles. The van der Waals surface area contributed by atoms with Crippen LogP contribution in [0, 0.1) is 0 Å². The molecule has 0 saturated carbocycles. The first-order valence-electron chi connectivity index (χ1n) is 4.99. The molecule has 1 N–H and O–H groups in total. The molecule has 0 aliphatic heterocycles. The number of rotatable bonds is 5. The highest BCUT2D eigenvalue weighted by Crippen LogP contribution is 2.13. The van der Waals surface area contributed by atoms with Crippen molar-refractivity contribution in [3.05, 3.63) is 0 Å². The fourth-order valence-corrected chi connectivity index (χ4v) is 1.74. The Morgan fingerprint density at radius 2 is 1.87 bits per heavy atom. The van der Waals surface area contributed by atoms with Crippen LogP contribution in [0.4, 0.5) is 0 Å². The van der Waals surface area contributed by atoms with Gasteiger partial charge in [-0.15, -0.1) is 11.8 Å². The minimum absolute atomic E-state index is 0.0492. The van der Waals surface area contributed by atoms with E-state index in [1.165, 1.54) is 11.8 Å². The van der Waals surface area contributed by atoms with Crippen molar-refractivity contribution in [2.45, 2.75) is 32.1 Å². The Kier molecular flexibility index (Phi) is 6.40. The molecule has 5 heteroatoms. The van der Waals surface area contributed by atoms with E-state index in [2.05, 4.69) is 5.32 Å². The monoisotopic (exact) mass is 232 g/mol. The van der Waals surface area contributed by atoms with Crippen molar-refractivity contribution in [3.63, 3.8) is 0 Å². The predicted molar refractivity (Wildman–Crippen MR) is 63.9 cm³/mol. The summed E-state index contributed by atoms with van der Waals surface area (Å²) in [6.45, 7) is 5.76. The zero-order chi connectivity index (χ0) is 12.0. The van der Waals surface area contributed by atoms with Gasteiger partial charge in [-0.05, 0) is 20.8 Å². The summed E-state index contributed by atoms with van der Waals surface area (Å²) in [7, 11) is 3.37. The van der Waals surface area contributed by atoms with E-state index < -0.39 is 0 Å². The Balaban J connectivity index is 4.04. The number of carbonyl (C=O) groups is 2. The van der Waals surface area contributed by atoms with Crippen LogP contribution in [0.1, 0.15) is 20.8 Å². The molecule has 0 bridgehead atoms. The molecule has 1 atom stereocenters. The summed E-state index contributed by atoms with van der Waals surface area (Å²) < 4.78 is 0. The first kappa shape index (κ1) is 14.3. The molecule has 88 valence electrons. The first-order chi connectivity index (χ1) is 6.90. The second kappa shape index (κ2) is 6.71. The van der Waals surface area contributed by atoms with Crippen LogP contribution in [0.3, 0.4) is 0 Å². The van der Waals surface area contributed by atoms with Gasteiger partial charge in [0, 0.05) is 20.1 Å². The molecule has 0 aromatic heterocycles. The van der Waals surface area contributed by atoms with Gasteiger partial charge in [-0.1, -0.05) is 0 Å². The van der Waals surface area contributed by atoms with E-state index in [1.54, 1.807) is 19.0 Å². The summed E-state index contributed by atoms with van der Waals surface area (Å²) in [6, 6.07) is 0.195. The largest absolute Gasteiger partial charge is 0.358 e. The van der Waals surface area contributed by atoms with Gasteiger partial charge in [-0.2, -0.15) is 0 Å². The van der Waals surface area contributed by atoms with Crippen LogP contribution in [0.5, 0.6) is 0 Å². The Morgan fingerprint density at radius 1 is 1.33 bits per heavy atom. The zero-order valence-electron chi connectivity index (χ0n) is 10.0. The Morgan fingerprint density at radius 3 is 2.27 bits per heavy atom. The smallest absolute Gasteiger partial charge is 0.235 e. The fourth-order valence-electron chi connectivity index (χ4n) is 0.885. The lowest BCUT2D eigenvalue weighted by molar-refractivity contribution is -0.130. The number of nitrogens with zero attached hydrogens (tertiary/aromatic N) is 1. The van der Waals surface area contributed by atoms with E-state index in [0.717, 1.165) is 0 Å². The molecule has 0 aliphatic carbocycles. The number of carbonyl (C=O) groups excluding carboxylic acids is 2. The average Bonchev–Trinajstić information content (AvgIpc) is 2.22. The SMILES string of the molecule is CNC(=O)CS[C@H](C)C(=O)N(C)C(C)C. The molecule has 0 aromatic carbocycles. The lowest BCUT2D eigenvalue weighted by Crippen LogP contribution is -2.38. The van der Waals surface area contributed by atoms with Gasteiger partial charge in [0.15, 0.2) is 0 Å². The van der Waals surface area contributed by atoms with Gasteiger partial charge in [0.1, 0.15) is 0 Å². The van der Waals surface area contributed by atoms with Crippen molar-refractivity contribution >= 4 is 23.6 Å². The molecule has 0 aromatic rings. The third kappa shape index (κ3) is 5.06. The predicted octanol–water partition coefficient (Wildman–Crippen LogP) is 0.721. The Hall–Kier alpha value is -0.710. The molecule has 15 heavy (non-hydrogen) atoms. The maximum Gasteiger partial charge on any atom is 0.235 e. The minimum atomic E-state index is -0.172. The van der Waals surface area contributed by atoms with Crippen molar-refractivity contribution in [1.82, 2.24) is 10.2 Å². The molecular weight excluding hydrogens is 212 g/mol. The molecule has 0 spiro atoms. The van der Waals surface area contributed by atoms with Crippen LogP contribution >= 0.6 is 11.8 Å². The summed E-state index contributed by atoms with van der Waals surface area (Å²) in [6.07, 6.45) is 0.